The van der Waals surface area contributed by atoms with Crippen molar-refractivity contribution >= 4 is 5.78 Å². The molecular weight excluding hydrogens is 257 g/mol. The van der Waals surface area contributed by atoms with Gasteiger partial charge in [-0.05, 0) is 30.9 Å². The van der Waals surface area contributed by atoms with Crippen LogP contribution in [0, 0.1) is 0 Å². The molecule has 104 valence electrons. The number of ether oxygens (including phenoxy) is 1. The van der Waals surface area contributed by atoms with Gasteiger partial charge < -0.3 is 4.74 Å². The van der Waals surface area contributed by atoms with E-state index in [1.807, 2.05) is 0 Å². The standard InChI is InChI=1S/C14H15F3O2/c15-14(16,17)11-5-3-4-10(8-11)9-12(18)13-6-1-2-7-19-13/h3-5,8,13H,1-2,6-7,9H2. The number of alkyl halides is 3. The molecule has 0 aromatic heterocycles. The van der Waals surface area contributed by atoms with Crippen molar-refractivity contribution in [3.05, 3.63) is 35.4 Å². The molecule has 1 heterocycles. The van der Waals surface area contributed by atoms with E-state index in [4.69, 9.17) is 4.74 Å². The third-order valence-electron chi connectivity index (χ3n) is 3.17. The lowest BCUT2D eigenvalue weighted by Crippen LogP contribution is -2.29. The number of hydrogen-bond donors (Lipinski definition) is 0. The molecule has 1 aliphatic heterocycles. The van der Waals surface area contributed by atoms with Crippen LogP contribution in [0.5, 0.6) is 0 Å². The number of ketones is 1. The van der Waals surface area contributed by atoms with Crippen LogP contribution in [0.1, 0.15) is 30.4 Å². The van der Waals surface area contributed by atoms with Gasteiger partial charge in [0.25, 0.3) is 0 Å². The Morgan fingerprint density at radius 3 is 2.74 bits per heavy atom. The van der Waals surface area contributed by atoms with Gasteiger partial charge in [-0.2, -0.15) is 13.2 Å². The Morgan fingerprint density at radius 1 is 1.32 bits per heavy atom. The third-order valence-corrected chi connectivity index (χ3v) is 3.17. The molecule has 1 aliphatic rings. The van der Waals surface area contributed by atoms with Crippen molar-refractivity contribution < 1.29 is 22.7 Å². The van der Waals surface area contributed by atoms with Crippen molar-refractivity contribution in [2.24, 2.45) is 0 Å². The molecule has 19 heavy (non-hydrogen) atoms. The molecule has 0 N–H and O–H groups in total. The highest BCUT2D eigenvalue weighted by atomic mass is 19.4. The third kappa shape index (κ3) is 3.80. The van der Waals surface area contributed by atoms with Gasteiger partial charge in [0.15, 0.2) is 5.78 Å². The number of benzene rings is 1. The van der Waals surface area contributed by atoms with E-state index < -0.39 is 17.8 Å². The molecule has 0 aliphatic carbocycles. The number of carbonyl (C=O) groups excluding carboxylic acids is 1. The molecule has 2 nitrogen and oxygen atoms in total. The zero-order chi connectivity index (χ0) is 13.9. The first-order chi connectivity index (χ1) is 8.97. The minimum absolute atomic E-state index is 0.00537. The van der Waals surface area contributed by atoms with Gasteiger partial charge in [0.05, 0.1) is 5.56 Å². The summed E-state index contributed by atoms with van der Waals surface area (Å²) in [5.41, 5.74) is -0.337. The molecule has 1 saturated heterocycles. The molecule has 0 amide bonds. The van der Waals surface area contributed by atoms with E-state index in [1.165, 1.54) is 12.1 Å². The Kier molecular flexibility index (Phi) is 4.24. The monoisotopic (exact) mass is 272 g/mol. The Morgan fingerprint density at radius 2 is 2.11 bits per heavy atom. The SMILES string of the molecule is O=C(Cc1cccc(C(F)(F)F)c1)C1CCCCO1. The van der Waals surface area contributed by atoms with Gasteiger partial charge in [-0.15, -0.1) is 0 Å². The summed E-state index contributed by atoms with van der Waals surface area (Å²) < 4.78 is 43.0. The summed E-state index contributed by atoms with van der Waals surface area (Å²) in [5, 5.41) is 0. The van der Waals surface area contributed by atoms with E-state index in [9.17, 15) is 18.0 Å². The fourth-order valence-corrected chi connectivity index (χ4v) is 2.17. The molecule has 1 fully saturated rings. The Hall–Kier alpha value is -1.36. The molecule has 5 heteroatoms. The van der Waals surface area contributed by atoms with Crippen LogP contribution in [0.15, 0.2) is 24.3 Å². The summed E-state index contributed by atoms with van der Waals surface area (Å²) in [4.78, 5) is 11.9. The van der Waals surface area contributed by atoms with Gasteiger partial charge in [-0.1, -0.05) is 18.2 Å². The number of carbonyl (C=O) groups is 1. The average molecular weight is 272 g/mol. The smallest absolute Gasteiger partial charge is 0.370 e. The number of Topliss-reactive ketones (excluding diaryl/α,β-unsaturated/α-hetero) is 1. The van der Waals surface area contributed by atoms with Crippen molar-refractivity contribution in [3.8, 4) is 0 Å². The molecule has 0 saturated carbocycles. The molecular formula is C14H15F3O2. The van der Waals surface area contributed by atoms with E-state index in [0.29, 0.717) is 18.6 Å². The number of halogens is 3. The molecule has 0 bridgehead atoms. The number of rotatable bonds is 3. The van der Waals surface area contributed by atoms with Crippen molar-refractivity contribution in [1.82, 2.24) is 0 Å². The zero-order valence-corrected chi connectivity index (χ0v) is 10.4. The molecule has 1 aromatic rings. The first-order valence-corrected chi connectivity index (χ1v) is 6.27. The largest absolute Gasteiger partial charge is 0.416 e. The van der Waals surface area contributed by atoms with Gasteiger partial charge in [0.1, 0.15) is 6.10 Å². The van der Waals surface area contributed by atoms with Gasteiger partial charge in [-0.3, -0.25) is 4.79 Å². The van der Waals surface area contributed by atoms with E-state index >= 15 is 0 Å². The highest BCUT2D eigenvalue weighted by Crippen LogP contribution is 2.29. The second-order valence-electron chi connectivity index (χ2n) is 4.70. The molecule has 0 radical (unpaired) electrons. The summed E-state index contributed by atoms with van der Waals surface area (Å²) in [5.74, 6) is -0.140. The highest BCUT2D eigenvalue weighted by molar-refractivity contribution is 5.85. The predicted molar refractivity (Wildman–Crippen MR) is 63.7 cm³/mol. The normalized spacial score (nSPS) is 20.3. The van der Waals surface area contributed by atoms with Crippen molar-refractivity contribution in [3.63, 3.8) is 0 Å². The van der Waals surface area contributed by atoms with Crippen molar-refractivity contribution in [1.29, 1.82) is 0 Å². The fourth-order valence-electron chi connectivity index (χ4n) is 2.17. The van der Waals surface area contributed by atoms with E-state index in [-0.39, 0.29) is 12.2 Å². The topological polar surface area (TPSA) is 26.3 Å². The van der Waals surface area contributed by atoms with E-state index in [1.54, 1.807) is 0 Å². The van der Waals surface area contributed by atoms with Crippen LogP contribution >= 0.6 is 0 Å². The maximum atomic E-state index is 12.6. The summed E-state index contributed by atoms with van der Waals surface area (Å²) in [6.45, 7) is 0.555. The minimum Gasteiger partial charge on any atom is -0.370 e. The molecule has 0 spiro atoms. The summed E-state index contributed by atoms with van der Waals surface area (Å²) >= 11 is 0. The van der Waals surface area contributed by atoms with E-state index in [0.717, 1.165) is 25.0 Å². The summed E-state index contributed by atoms with van der Waals surface area (Å²) in [6.07, 6.45) is -2.30. The van der Waals surface area contributed by atoms with E-state index in [2.05, 4.69) is 0 Å². The molecule has 1 unspecified atom stereocenters. The van der Waals surface area contributed by atoms with Crippen LogP contribution in [0.25, 0.3) is 0 Å². The van der Waals surface area contributed by atoms with Crippen LogP contribution in [0.3, 0.4) is 0 Å². The first kappa shape index (κ1) is 14.1. The van der Waals surface area contributed by atoms with Crippen molar-refractivity contribution in [2.45, 2.75) is 38.0 Å². The molecule has 2 rings (SSSR count). The van der Waals surface area contributed by atoms with Crippen molar-refractivity contribution in [2.75, 3.05) is 6.61 Å². The second kappa shape index (κ2) is 5.74. The zero-order valence-electron chi connectivity index (χ0n) is 10.4. The second-order valence-corrected chi connectivity index (χ2v) is 4.70. The number of hydrogen-bond acceptors (Lipinski definition) is 2. The molecule has 1 aromatic carbocycles. The van der Waals surface area contributed by atoms with Gasteiger partial charge in [0, 0.05) is 13.0 Å². The van der Waals surface area contributed by atoms with Crippen LogP contribution in [0.2, 0.25) is 0 Å². The molecule has 1 atom stereocenters. The maximum absolute atomic E-state index is 12.6. The summed E-state index contributed by atoms with van der Waals surface area (Å²) in [6, 6.07) is 4.90. The van der Waals surface area contributed by atoms with Crippen LogP contribution in [-0.2, 0) is 22.1 Å². The Balaban J connectivity index is 2.04. The first-order valence-electron chi connectivity index (χ1n) is 6.27. The lowest BCUT2D eigenvalue weighted by molar-refractivity contribution is -0.138. The fraction of sp³-hybridized carbons (Fsp3) is 0.500. The van der Waals surface area contributed by atoms with Crippen LogP contribution < -0.4 is 0 Å². The maximum Gasteiger partial charge on any atom is 0.416 e. The predicted octanol–water partition coefficient (Wildman–Crippen LogP) is 3.39. The van der Waals surface area contributed by atoms with Gasteiger partial charge in [0.2, 0.25) is 0 Å². The van der Waals surface area contributed by atoms with Crippen LogP contribution in [0.4, 0.5) is 13.2 Å². The highest BCUT2D eigenvalue weighted by Gasteiger charge is 2.30. The Labute approximate surface area is 109 Å². The average Bonchev–Trinajstić information content (AvgIpc) is 2.39. The summed E-state index contributed by atoms with van der Waals surface area (Å²) in [7, 11) is 0. The lowest BCUT2D eigenvalue weighted by atomic mass is 9.99. The lowest BCUT2D eigenvalue weighted by Gasteiger charge is -2.21. The van der Waals surface area contributed by atoms with Crippen LogP contribution in [-0.4, -0.2) is 18.5 Å². The van der Waals surface area contributed by atoms with Gasteiger partial charge in [-0.25, -0.2) is 0 Å². The quantitative estimate of drug-likeness (QED) is 0.843. The Bertz CT molecular complexity index is 448. The van der Waals surface area contributed by atoms with Gasteiger partial charge >= 0.3 is 6.18 Å². The minimum atomic E-state index is -4.37.